The first-order valence-electron chi connectivity index (χ1n) is 5.57. The number of rotatable bonds is 3. The molecule has 5 N–H and O–H groups in total. The minimum atomic E-state index is -3.01. The van der Waals surface area contributed by atoms with Crippen LogP contribution in [-0.2, 0) is 4.74 Å². The van der Waals surface area contributed by atoms with Crippen molar-refractivity contribution in [2.24, 2.45) is 0 Å². The fraction of sp³-hybridized carbons (Fsp3) is 0.600. The minimum Gasteiger partial charge on any atom is -0.390 e. The molecule has 1 fully saturated rings. The molecule has 1 aliphatic heterocycles. The first-order valence-corrected chi connectivity index (χ1v) is 5.98. The van der Waals surface area contributed by atoms with Gasteiger partial charge in [0.25, 0.3) is 5.85 Å². The fourth-order valence-electron chi connectivity index (χ4n) is 2.03. The average Bonchev–Trinajstić information content (AvgIpc) is 2.62. The Morgan fingerprint density at radius 2 is 2.25 bits per heavy atom. The molecule has 0 aromatic carbocycles. The SMILES string of the molecule is Nc1ccn([C@@H]2O[C@](F)(CO)C(O)[C@]2(O)CF)c(=S)n1. The summed E-state index contributed by atoms with van der Waals surface area (Å²) in [6.07, 6.45) is -2.78. The zero-order valence-corrected chi connectivity index (χ0v) is 10.9. The molecule has 0 radical (unpaired) electrons. The van der Waals surface area contributed by atoms with E-state index in [0.717, 1.165) is 4.57 Å². The van der Waals surface area contributed by atoms with Gasteiger partial charge in [-0.15, -0.1) is 0 Å². The Morgan fingerprint density at radius 3 is 2.75 bits per heavy atom. The third kappa shape index (κ3) is 2.09. The predicted molar refractivity (Wildman–Crippen MR) is 65.5 cm³/mol. The summed E-state index contributed by atoms with van der Waals surface area (Å²) in [5.41, 5.74) is 2.78. The Bertz CT molecular complexity index is 574. The topological polar surface area (TPSA) is 114 Å². The van der Waals surface area contributed by atoms with E-state index in [1.807, 2.05) is 0 Å². The highest BCUT2D eigenvalue weighted by atomic mass is 32.1. The Labute approximate surface area is 117 Å². The molecular formula is C10H13F2N3O4S. The van der Waals surface area contributed by atoms with Crippen LogP contribution in [0.2, 0.25) is 0 Å². The first kappa shape index (κ1) is 15.2. The maximum atomic E-state index is 14.1. The highest BCUT2D eigenvalue weighted by molar-refractivity contribution is 7.71. The number of nitrogen functional groups attached to an aromatic ring is 1. The second-order valence-electron chi connectivity index (χ2n) is 4.48. The summed E-state index contributed by atoms with van der Waals surface area (Å²) in [6, 6.07) is 1.28. The standard InChI is InChI=1S/C10H13F2N3O4S/c11-3-9(18)6(17)10(12,4-16)19-7(9)15-2-1-5(13)14-8(15)20/h1-2,6-7,16-18H,3-4H2,(H2,13,14,20)/t6?,7-,9-,10-/m1/s1. The summed E-state index contributed by atoms with van der Waals surface area (Å²) in [5, 5.41) is 28.8. The molecule has 1 aromatic rings. The number of ether oxygens (including phenoxy) is 1. The Kier molecular flexibility index (Phi) is 3.77. The fourth-order valence-corrected chi connectivity index (χ4v) is 2.29. The maximum Gasteiger partial charge on any atom is 0.263 e. The molecule has 0 saturated carbocycles. The largest absolute Gasteiger partial charge is 0.390 e. The molecule has 0 aliphatic carbocycles. The Morgan fingerprint density at radius 1 is 1.60 bits per heavy atom. The number of nitrogens with two attached hydrogens (primary N) is 1. The molecule has 4 atom stereocenters. The van der Waals surface area contributed by atoms with E-state index in [2.05, 4.69) is 4.98 Å². The molecule has 1 saturated heterocycles. The van der Waals surface area contributed by atoms with Gasteiger partial charge < -0.3 is 25.8 Å². The van der Waals surface area contributed by atoms with Crippen LogP contribution in [0.4, 0.5) is 14.6 Å². The van der Waals surface area contributed by atoms with Gasteiger partial charge in [-0.25, -0.2) is 13.8 Å². The van der Waals surface area contributed by atoms with Crippen molar-refractivity contribution >= 4 is 18.0 Å². The number of alkyl halides is 2. The highest BCUT2D eigenvalue weighted by Crippen LogP contribution is 2.45. The maximum absolute atomic E-state index is 14.1. The molecular weight excluding hydrogens is 296 g/mol. The molecule has 1 aromatic heterocycles. The molecule has 112 valence electrons. The molecule has 0 amide bonds. The lowest BCUT2D eigenvalue weighted by atomic mass is 9.94. The number of halogens is 2. The van der Waals surface area contributed by atoms with Gasteiger partial charge in [0.15, 0.2) is 17.9 Å². The third-order valence-electron chi connectivity index (χ3n) is 3.15. The van der Waals surface area contributed by atoms with E-state index in [4.69, 9.17) is 27.8 Å². The molecule has 10 heteroatoms. The number of hydrogen-bond acceptors (Lipinski definition) is 7. The number of aliphatic hydroxyl groups excluding tert-OH is 2. The summed E-state index contributed by atoms with van der Waals surface area (Å²) in [6.45, 7) is -2.78. The van der Waals surface area contributed by atoms with Crippen LogP contribution in [0.1, 0.15) is 6.23 Å². The summed E-state index contributed by atoms with van der Waals surface area (Å²) in [5.74, 6) is -2.94. The first-order chi connectivity index (χ1) is 9.28. The molecule has 1 unspecified atom stereocenters. The van der Waals surface area contributed by atoms with Crippen molar-refractivity contribution in [3.8, 4) is 0 Å². The number of aliphatic hydroxyl groups is 3. The Hall–Kier alpha value is -1.20. The van der Waals surface area contributed by atoms with Gasteiger partial charge in [0.05, 0.1) is 0 Å². The smallest absolute Gasteiger partial charge is 0.263 e. The lowest BCUT2D eigenvalue weighted by Gasteiger charge is -2.28. The molecule has 20 heavy (non-hydrogen) atoms. The van der Waals surface area contributed by atoms with Gasteiger partial charge in [0.1, 0.15) is 19.1 Å². The van der Waals surface area contributed by atoms with Crippen LogP contribution in [0.3, 0.4) is 0 Å². The normalized spacial score (nSPS) is 37.2. The summed E-state index contributed by atoms with van der Waals surface area (Å²) < 4.78 is 32.8. The van der Waals surface area contributed by atoms with Gasteiger partial charge >= 0.3 is 0 Å². The summed E-state index contributed by atoms with van der Waals surface area (Å²) in [4.78, 5) is 3.69. The van der Waals surface area contributed by atoms with Crippen LogP contribution in [0.25, 0.3) is 0 Å². The Balaban J connectivity index is 2.52. The molecule has 0 bridgehead atoms. The van der Waals surface area contributed by atoms with Gasteiger partial charge in [-0.3, -0.25) is 4.57 Å². The van der Waals surface area contributed by atoms with Gasteiger partial charge in [-0.1, -0.05) is 0 Å². The average molecular weight is 309 g/mol. The second kappa shape index (κ2) is 4.97. The van der Waals surface area contributed by atoms with Crippen molar-refractivity contribution in [1.29, 1.82) is 0 Å². The van der Waals surface area contributed by atoms with Crippen molar-refractivity contribution in [2.75, 3.05) is 19.0 Å². The quantitative estimate of drug-likeness (QED) is 0.554. The van der Waals surface area contributed by atoms with E-state index in [-0.39, 0.29) is 10.6 Å². The van der Waals surface area contributed by atoms with Crippen LogP contribution < -0.4 is 5.73 Å². The van der Waals surface area contributed by atoms with Crippen molar-refractivity contribution in [2.45, 2.75) is 23.8 Å². The molecule has 0 spiro atoms. The van der Waals surface area contributed by atoms with E-state index >= 15 is 0 Å². The zero-order chi connectivity index (χ0) is 15.1. The number of aromatic nitrogens is 2. The molecule has 2 heterocycles. The highest BCUT2D eigenvalue weighted by Gasteiger charge is 2.65. The van der Waals surface area contributed by atoms with Crippen LogP contribution in [0.15, 0.2) is 12.3 Å². The monoisotopic (exact) mass is 309 g/mol. The van der Waals surface area contributed by atoms with E-state index in [9.17, 15) is 19.0 Å². The molecule has 7 nitrogen and oxygen atoms in total. The van der Waals surface area contributed by atoms with Crippen molar-refractivity contribution < 1.29 is 28.8 Å². The predicted octanol–water partition coefficient (Wildman–Crippen LogP) is -0.557. The van der Waals surface area contributed by atoms with Gasteiger partial charge in [0, 0.05) is 6.20 Å². The summed E-state index contributed by atoms with van der Waals surface area (Å²) in [7, 11) is 0. The van der Waals surface area contributed by atoms with Crippen LogP contribution in [0, 0.1) is 4.77 Å². The van der Waals surface area contributed by atoms with Gasteiger partial charge in [0.2, 0.25) is 4.77 Å². The molecule has 1 aliphatic rings. The van der Waals surface area contributed by atoms with E-state index < -0.39 is 37.1 Å². The summed E-state index contributed by atoms with van der Waals surface area (Å²) >= 11 is 4.87. The van der Waals surface area contributed by atoms with E-state index in [0.29, 0.717) is 0 Å². The number of hydrogen-bond donors (Lipinski definition) is 4. The lowest BCUT2D eigenvalue weighted by Crippen LogP contribution is -2.52. The number of anilines is 1. The minimum absolute atomic E-state index is 0.0715. The number of nitrogens with zero attached hydrogens (tertiary/aromatic N) is 2. The lowest BCUT2D eigenvalue weighted by molar-refractivity contribution is -0.207. The van der Waals surface area contributed by atoms with Crippen LogP contribution in [0.5, 0.6) is 0 Å². The molecule has 2 rings (SSSR count). The third-order valence-corrected chi connectivity index (χ3v) is 3.45. The van der Waals surface area contributed by atoms with Crippen molar-refractivity contribution in [3.05, 3.63) is 17.0 Å². The van der Waals surface area contributed by atoms with E-state index in [1.165, 1.54) is 12.3 Å². The van der Waals surface area contributed by atoms with Gasteiger partial charge in [-0.2, -0.15) is 0 Å². The van der Waals surface area contributed by atoms with E-state index in [1.54, 1.807) is 0 Å². The second-order valence-corrected chi connectivity index (χ2v) is 4.85. The van der Waals surface area contributed by atoms with Gasteiger partial charge in [-0.05, 0) is 18.3 Å². The van der Waals surface area contributed by atoms with Crippen LogP contribution in [-0.4, -0.2) is 55.7 Å². The van der Waals surface area contributed by atoms with Crippen LogP contribution >= 0.6 is 12.2 Å². The zero-order valence-electron chi connectivity index (χ0n) is 10.1. The van der Waals surface area contributed by atoms with Crippen molar-refractivity contribution in [1.82, 2.24) is 9.55 Å². The van der Waals surface area contributed by atoms with Crippen molar-refractivity contribution in [3.63, 3.8) is 0 Å².